The molecule has 3 rings (SSSR count). The molecule has 41 heavy (non-hydrogen) atoms. The number of benzene rings is 2. The van der Waals surface area contributed by atoms with Gasteiger partial charge in [0.2, 0.25) is 11.8 Å². The van der Waals surface area contributed by atoms with Gasteiger partial charge in [-0.15, -0.1) is 0 Å². The number of nitrogens with one attached hydrogen (secondary N) is 2. The van der Waals surface area contributed by atoms with Crippen molar-refractivity contribution in [3.63, 3.8) is 0 Å². The zero-order valence-corrected chi connectivity index (χ0v) is 23.6. The Bertz CT molecular complexity index is 1310. The molecule has 0 saturated carbocycles. The van der Waals surface area contributed by atoms with Gasteiger partial charge in [0.1, 0.15) is 17.7 Å². The van der Waals surface area contributed by atoms with Crippen molar-refractivity contribution in [2.75, 3.05) is 6.54 Å². The van der Waals surface area contributed by atoms with Gasteiger partial charge in [-0.25, -0.2) is 9.59 Å². The van der Waals surface area contributed by atoms with Gasteiger partial charge in [0.15, 0.2) is 0 Å². The SMILES string of the molecule is CC(C)(C)OC(=O)N[C@@H](CCCN)C(=O)N[C@H](CCc1ccccc1)C(=O)O.NC(=O)c1cnc2ccccc2c1. The van der Waals surface area contributed by atoms with E-state index >= 15 is 0 Å². The van der Waals surface area contributed by atoms with Crippen LogP contribution in [0.2, 0.25) is 0 Å². The second-order valence-corrected chi connectivity index (χ2v) is 10.3. The van der Waals surface area contributed by atoms with Gasteiger partial charge in [0, 0.05) is 11.6 Å². The van der Waals surface area contributed by atoms with Crippen molar-refractivity contribution in [3.05, 3.63) is 78.0 Å². The van der Waals surface area contributed by atoms with Gasteiger partial charge in [-0.3, -0.25) is 14.6 Å². The van der Waals surface area contributed by atoms with Crippen molar-refractivity contribution in [1.29, 1.82) is 0 Å². The van der Waals surface area contributed by atoms with E-state index < -0.39 is 41.6 Å². The lowest BCUT2D eigenvalue weighted by Crippen LogP contribution is -2.52. The quantitative estimate of drug-likeness (QED) is 0.234. The van der Waals surface area contributed by atoms with Crippen molar-refractivity contribution in [1.82, 2.24) is 15.6 Å². The minimum absolute atomic E-state index is 0.237. The van der Waals surface area contributed by atoms with Gasteiger partial charge in [0.25, 0.3) is 0 Å². The summed E-state index contributed by atoms with van der Waals surface area (Å²) in [7, 11) is 0. The summed E-state index contributed by atoms with van der Waals surface area (Å²) in [6.45, 7) is 5.49. The molecule has 0 aliphatic rings. The van der Waals surface area contributed by atoms with Crippen LogP contribution in [-0.4, -0.2) is 58.2 Å². The molecular formula is C30H39N5O6. The van der Waals surface area contributed by atoms with E-state index in [1.54, 1.807) is 26.8 Å². The number of amides is 3. The van der Waals surface area contributed by atoms with E-state index in [0.29, 0.717) is 24.9 Å². The Labute approximate surface area is 239 Å². The number of carbonyl (C=O) groups is 4. The lowest BCUT2D eigenvalue weighted by atomic mass is 10.0. The number of fused-ring (bicyclic) bond motifs is 1. The molecule has 3 aromatic rings. The molecule has 1 heterocycles. The first-order chi connectivity index (χ1) is 19.4. The third kappa shape index (κ3) is 12.0. The van der Waals surface area contributed by atoms with E-state index in [2.05, 4.69) is 15.6 Å². The molecule has 0 bridgehead atoms. The molecule has 220 valence electrons. The molecule has 0 radical (unpaired) electrons. The molecule has 0 fully saturated rings. The summed E-state index contributed by atoms with van der Waals surface area (Å²) in [5.74, 6) is -2.14. The number of para-hydroxylation sites is 1. The fraction of sp³-hybridized carbons (Fsp3) is 0.367. The number of pyridine rings is 1. The van der Waals surface area contributed by atoms with Crippen LogP contribution >= 0.6 is 0 Å². The summed E-state index contributed by atoms with van der Waals surface area (Å²) >= 11 is 0. The molecule has 2 atom stereocenters. The van der Waals surface area contributed by atoms with Gasteiger partial charge in [-0.05, 0) is 70.7 Å². The molecule has 0 saturated heterocycles. The summed E-state index contributed by atoms with van der Waals surface area (Å²) in [6, 6.07) is 16.8. The number of carboxylic acid groups (broad SMARTS) is 1. The van der Waals surface area contributed by atoms with Crippen LogP contribution in [0.1, 0.15) is 56.0 Å². The number of carbonyl (C=O) groups excluding carboxylic acids is 3. The zero-order chi connectivity index (χ0) is 30.4. The first-order valence-corrected chi connectivity index (χ1v) is 13.3. The van der Waals surface area contributed by atoms with E-state index in [1.807, 2.05) is 54.6 Å². The number of aryl methyl sites for hydroxylation is 1. The summed E-state index contributed by atoms with van der Waals surface area (Å²) in [4.78, 5) is 51.1. The number of aliphatic carboxylic acids is 1. The van der Waals surface area contributed by atoms with E-state index in [9.17, 15) is 24.3 Å². The second kappa shape index (κ2) is 15.9. The number of hydrogen-bond acceptors (Lipinski definition) is 7. The molecule has 0 unspecified atom stereocenters. The number of alkyl carbamates (subject to hydrolysis) is 1. The number of rotatable bonds is 11. The Morgan fingerprint density at radius 3 is 2.22 bits per heavy atom. The maximum Gasteiger partial charge on any atom is 0.408 e. The fourth-order valence-corrected chi connectivity index (χ4v) is 3.73. The van der Waals surface area contributed by atoms with Gasteiger partial charge in [-0.2, -0.15) is 0 Å². The normalized spacial score (nSPS) is 12.3. The summed E-state index contributed by atoms with van der Waals surface area (Å²) < 4.78 is 5.18. The predicted octanol–water partition coefficient (Wildman–Crippen LogP) is 3.15. The number of ether oxygens (including phenoxy) is 1. The first kappa shape index (κ1) is 32.7. The molecule has 0 aliphatic carbocycles. The summed E-state index contributed by atoms with van der Waals surface area (Å²) in [5, 5.41) is 15.4. The molecule has 1 aromatic heterocycles. The number of primary amides is 1. The average molecular weight is 566 g/mol. The van der Waals surface area contributed by atoms with Crippen LogP contribution in [0, 0.1) is 0 Å². The summed E-state index contributed by atoms with van der Waals surface area (Å²) in [5.41, 5.74) is 12.2. The molecule has 7 N–H and O–H groups in total. The topological polar surface area (TPSA) is 187 Å². The van der Waals surface area contributed by atoms with Crippen LogP contribution in [0.15, 0.2) is 66.9 Å². The third-order valence-corrected chi connectivity index (χ3v) is 5.76. The number of hydrogen-bond donors (Lipinski definition) is 5. The highest BCUT2D eigenvalue weighted by atomic mass is 16.6. The minimum Gasteiger partial charge on any atom is -0.480 e. The van der Waals surface area contributed by atoms with Gasteiger partial charge in [-0.1, -0.05) is 48.5 Å². The Morgan fingerprint density at radius 2 is 1.61 bits per heavy atom. The van der Waals surface area contributed by atoms with Gasteiger partial charge < -0.3 is 31.9 Å². The fourth-order valence-electron chi connectivity index (χ4n) is 3.73. The highest BCUT2D eigenvalue weighted by Gasteiger charge is 2.27. The van der Waals surface area contributed by atoms with Gasteiger partial charge in [0.05, 0.1) is 11.1 Å². The molecule has 11 heteroatoms. The first-order valence-electron chi connectivity index (χ1n) is 13.3. The standard InChI is InChI=1S/C20H31N3O5.C10H8N2O/c1-20(2,3)28-19(27)23-15(10-7-13-21)17(24)22-16(18(25)26)12-11-14-8-5-4-6-9-14;11-10(13)8-5-7-3-1-2-4-9(7)12-6-8/h4-6,8-9,15-16H,7,10-13,21H2,1-3H3,(H,22,24)(H,23,27)(H,25,26);1-6H,(H2,11,13)/t15-,16+;/m0./s1. The molecule has 0 aliphatic heterocycles. The largest absolute Gasteiger partial charge is 0.480 e. The van der Waals surface area contributed by atoms with Crippen molar-refractivity contribution >= 4 is 34.8 Å². The number of nitrogens with two attached hydrogens (primary N) is 2. The average Bonchev–Trinajstić information content (AvgIpc) is 2.92. The van der Waals surface area contributed by atoms with Crippen molar-refractivity contribution in [2.45, 2.75) is 64.1 Å². The second-order valence-electron chi connectivity index (χ2n) is 10.3. The number of nitrogens with zero attached hydrogens (tertiary/aromatic N) is 1. The third-order valence-electron chi connectivity index (χ3n) is 5.76. The smallest absolute Gasteiger partial charge is 0.408 e. The van der Waals surface area contributed by atoms with Crippen LogP contribution in [0.5, 0.6) is 0 Å². The minimum atomic E-state index is -1.13. The molecular weight excluding hydrogens is 526 g/mol. The monoisotopic (exact) mass is 565 g/mol. The Hall–Kier alpha value is -4.51. The van der Waals surface area contributed by atoms with E-state index in [4.69, 9.17) is 16.2 Å². The molecule has 11 nitrogen and oxygen atoms in total. The van der Waals surface area contributed by atoms with Crippen LogP contribution in [0.25, 0.3) is 10.9 Å². The van der Waals surface area contributed by atoms with E-state index in [-0.39, 0.29) is 12.8 Å². The van der Waals surface area contributed by atoms with Crippen molar-refractivity contribution in [2.24, 2.45) is 11.5 Å². The van der Waals surface area contributed by atoms with Crippen LogP contribution in [-0.2, 0) is 20.7 Å². The maximum atomic E-state index is 12.6. The Morgan fingerprint density at radius 1 is 0.951 bits per heavy atom. The lowest BCUT2D eigenvalue weighted by Gasteiger charge is -2.24. The van der Waals surface area contributed by atoms with Crippen LogP contribution in [0.4, 0.5) is 4.79 Å². The molecule has 3 amide bonds. The Balaban J connectivity index is 0.000000372. The number of carboxylic acids is 1. The van der Waals surface area contributed by atoms with Crippen LogP contribution < -0.4 is 22.1 Å². The predicted molar refractivity (Wildman–Crippen MR) is 156 cm³/mol. The molecule has 2 aromatic carbocycles. The number of aromatic nitrogens is 1. The zero-order valence-electron chi connectivity index (χ0n) is 23.6. The summed E-state index contributed by atoms with van der Waals surface area (Å²) in [6.07, 6.45) is 2.28. The van der Waals surface area contributed by atoms with Crippen molar-refractivity contribution < 1.29 is 29.0 Å². The van der Waals surface area contributed by atoms with Gasteiger partial charge >= 0.3 is 12.1 Å². The lowest BCUT2D eigenvalue weighted by molar-refractivity contribution is -0.142. The highest BCUT2D eigenvalue weighted by molar-refractivity contribution is 5.96. The maximum absolute atomic E-state index is 12.6. The van der Waals surface area contributed by atoms with Crippen LogP contribution in [0.3, 0.4) is 0 Å². The molecule has 0 spiro atoms. The van der Waals surface area contributed by atoms with E-state index in [1.165, 1.54) is 6.20 Å². The van der Waals surface area contributed by atoms with Crippen molar-refractivity contribution in [3.8, 4) is 0 Å². The highest BCUT2D eigenvalue weighted by Crippen LogP contribution is 2.12. The van der Waals surface area contributed by atoms with E-state index in [0.717, 1.165) is 16.5 Å². The Kier molecular flexibility index (Phi) is 12.7.